The van der Waals surface area contributed by atoms with Crippen molar-refractivity contribution >= 4 is 16.7 Å². The van der Waals surface area contributed by atoms with Crippen LogP contribution in [0.3, 0.4) is 0 Å². The number of aryl methyl sites for hydroxylation is 1. The third kappa shape index (κ3) is 3.69. The molecular weight excluding hydrogens is 354 g/mol. The standard InChI is InChI=1S/C19H17NO7/c1-3-11-6-14-12(7-19(22)27-18(14)9-16(11)21)10-26-17-5-4-13(25-2)8-15(17)20(23)24/h4-9,21H,3,10H2,1-2H3. The molecule has 3 aromatic rings. The minimum atomic E-state index is -0.603. The molecule has 0 aliphatic carbocycles. The highest BCUT2D eigenvalue weighted by atomic mass is 16.6. The summed E-state index contributed by atoms with van der Waals surface area (Å²) in [5.41, 5.74) is 0.566. The van der Waals surface area contributed by atoms with Crippen molar-refractivity contribution in [2.24, 2.45) is 0 Å². The smallest absolute Gasteiger partial charge is 0.336 e. The number of rotatable bonds is 6. The van der Waals surface area contributed by atoms with Crippen LogP contribution in [0.25, 0.3) is 11.0 Å². The van der Waals surface area contributed by atoms with Crippen molar-refractivity contribution in [1.82, 2.24) is 0 Å². The summed E-state index contributed by atoms with van der Waals surface area (Å²) in [5, 5.41) is 21.8. The zero-order valence-corrected chi connectivity index (χ0v) is 14.7. The second-order valence-corrected chi connectivity index (χ2v) is 5.80. The molecule has 8 heteroatoms. The maximum absolute atomic E-state index is 11.8. The molecule has 3 rings (SSSR count). The number of nitrogens with zero attached hydrogens (tertiary/aromatic N) is 1. The van der Waals surface area contributed by atoms with Crippen LogP contribution in [0.2, 0.25) is 0 Å². The Labute approximate surface area is 153 Å². The van der Waals surface area contributed by atoms with E-state index in [2.05, 4.69) is 0 Å². The molecule has 0 saturated carbocycles. The Hall–Kier alpha value is -3.55. The van der Waals surface area contributed by atoms with Crippen LogP contribution >= 0.6 is 0 Å². The Morgan fingerprint density at radius 2 is 1.96 bits per heavy atom. The molecule has 0 amide bonds. The predicted molar refractivity (Wildman–Crippen MR) is 97.5 cm³/mol. The van der Waals surface area contributed by atoms with Gasteiger partial charge in [0, 0.05) is 23.1 Å². The van der Waals surface area contributed by atoms with E-state index in [4.69, 9.17) is 13.9 Å². The zero-order valence-electron chi connectivity index (χ0n) is 14.7. The van der Waals surface area contributed by atoms with Gasteiger partial charge in [0.1, 0.15) is 23.7 Å². The molecule has 0 aliphatic heterocycles. The highest BCUT2D eigenvalue weighted by molar-refractivity contribution is 5.82. The average Bonchev–Trinajstić information content (AvgIpc) is 2.65. The van der Waals surface area contributed by atoms with Crippen LogP contribution in [0.4, 0.5) is 5.69 Å². The van der Waals surface area contributed by atoms with Crippen molar-refractivity contribution in [3.63, 3.8) is 0 Å². The largest absolute Gasteiger partial charge is 0.508 e. The third-order valence-electron chi connectivity index (χ3n) is 4.16. The van der Waals surface area contributed by atoms with Crippen molar-refractivity contribution in [1.29, 1.82) is 0 Å². The lowest BCUT2D eigenvalue weighted by molar-refractivity contribution is -0.386. The normalized spacial score (nSPS) is 10.7. The van der Waals surface area contributed by atoms with Gasteiger partial charge in [-0.3, -0.25) is 10.1 Å². The molecule has 0 spiro atoms. The van der Waals surface area contributed by atoms with Gasteiger partial charge in [0.2, 0.25) is 0 Å². The fourth-order valence-electron chi connectivity index (χ4n) is 2.75. The third-order valence-corrected chi connectivity index (χ3v) is 4.16. The van der Waals surface area contributed by atoms with Crippen LogP contribution in [0.1, 0.15) is 18.1 Å². The first-order chi connectivity index (χ1) is 12.9. The fraction of sp³-hybridized carbons (Fsp3) is 0.211. The van der Waals surface area contributed by atoms with Gasteiger partial charge in [-0.1, -0.05) is 6.92 Å². The van der Waals surface area contributed by atoms with E-state index >= 15 is 0 Å². The second kappa shape index (κ2) is 7.36. The number of aromatic hydroxyl groups is 1. The first-order valence-corrected chi connectivity index (χ1v) is 8.16. The first-order valence-electron chi connectivity index (χ1n) is 8.16. The quantitative estimate of drug-likeness (QED) is 0.400. The van der Waals surface area contributed by atoms with Gasteiger partial charge in [-0.2, -0.15) is 0 Å². The number of phenolic OH excluding ortho intramolecular Hbond substituents is 1. The van der Waals surface area contributed by atoms with Gasteiger partial charge in [-0.25, -0.2) is 4.79 Å². The lowest BCUT2D eigenvalue weighted by Gasteiger charge is -2.11. The summed E-state index contributed by atoms with van der Waals surface area (Å²) in [4.78, 5) is 22.5. The van der Waals surface area contributed by atoms with Crippen molar-refractivity contribution in [2.75, 3.05) is 7.11 Å². The Balaban J connectivity index is 2.00. The molecular formula is C19H17NO7. The molecule has 0 fully saturated rings. The highest BCUT2D eigenvalue weighted by Crippen LogP contribution is 2.32. The number of fused-ring (bicyclic) bond motifs is 1. The van der Waals surface area contributed by atoms with E-state index in [0.717, 1.165) is 0 Å². The maximum Gasteiger partial charge on any atom is 0.336 e. The summed E-state index contributed by atoms with van der Waals surface area (Å²) < 4.78 is 15.7. The van der Waals surface area contributed by atoms with E-state index in [9.17, 15) is 20.0 Å². The predicted octanol–water partition coefficient (Wildman–Crippen LogP) is 3.56. The molecule has 140 valence electrons. The number of phenols is 1. The fourth-order valence-corrected chi connectivity index (χ4v) is 2.75. The highest BCUT2D eigenvalue weighted by Gasteiger charge is 2.18. The van der Waals surface area contributed by atoms with Crippen LogP contribution in [0.5, 0.6) is 17.2 Å². The van der Waals surface area contributed by atoms with E-state index in [0.29, 0.717) is 28.7 Å². The van der Waals surface area contributed by atoms with Gasteiger partial charge < -0.3 is 19.0 Å². The number of methoxy groups -OCH3 is 1. The molecule has 0 atom stereocenters. The summed E-state index contributed by atoms with van der Waals surface area (Å²) in [5.74, 6) is 0.427. The van der Waals surface area contributed by atoms with Crippen molar-refractivity contribution in [3.05, 3.63) is 68.1 Å². The van der Waals surface area contributed by atoms with Crippen molar-refractivity contribution < 1.29 is 23.9 Å². The summed E-state index contributed by atoms with van der Waals surface area (Å²) >= 11 is 0. The van der Waals surface area contributed by atoms with Crippen LogP contribution in [0.15, 0.2) is 45.6 Å². The number of hydrogen-bond donors (Lipinski definition) is 1. The minimum Gasteiger partial charge on any atom is -0.508 e. The number of nitro groups is 1. The summed E-state index contributed by atoms with van der Waals surface area (Å²) in [6.45, 7) is 1.81. The van der Waals surface area contributed by atoms with Crippen LogP contribution < -0.4 is 15.1 Å². The van der Waals surface area contributed by atoms with Gasteiger partial charge in [0.05, 0.1) is 18.1 Å². The SMILES string of the molecule is CCc1cc2c(COc3ccc(OC)cc3[N+](=O)[O-])cc(=O)oc2cc1O. The number of hydrogen-bond acceptors (Lipinski definition) is 7. The van der Waals surface area contributed by atoms with Gasteiger partial charge >= 0.3 is 11.3 Å². The van der Waals surface area contributed by atoms with Gasteiger partial charge in [0.15, 0.2) is 5.75 Å². The molecule has 1 N–H and O–H groups in total. The zero-order chi connectivity index (χ0) is 19.6. The lowest BCUT2D eigenvalue weighted by atomic mass is 10.0. The van der Waals surface area contributed by atoms with Crippen molar-refractivity contribution in [2.45, 2.75) is 20.0 Å². The minimum absolute atomic E-state index is 0.0389. The van der Waals surface area contributed by atoms with E-state index in [1.807, 2.05) is 6.92 Å². The second-order valence-electron chi connectivity index (χ2n) is 5.80. The van der Waals surface area contributed by atoms with E-state index in [-0.39, 0.29) is 29.4 Å². The topological polar surface area (TPSA) is 112 Å². The summed E-state index contributed by atoms with van der Waals surface area (Å²) in [6.07, 6.45) is 0.588. The molecule has 0 saturated heterocycles. The number of nitro benzene ring substituents is 1. The molecule has 1 heterocycles. The Bertz CT molecular complexity index is 1070. The first kappa shape index (κ1) is 18.2. The number of benzene rings is 2. The van der Waals surface area contributed by atoms with E-state index in [1.54, 1.807) is 12.1 Å². The van der Waals surface area contributed by atoms with Crippen molar-refractivity contribution in [3.8, 4) is 17.2 Å². The molecule has 1 aromatic heterocycles. The van der Waals surface area contributed by atoms with Gasteiger partial charge in [0.25, 0.3) is 0 Å². The van der Waals surface area contributed by atoms with E-state index < -0.39 is 10.5 Å². The molecule has 0 bridgehead atoms. The lowest BCUT2D eigenvalue weighted by Crippen LogP contribution is -2.05. The Kier molecular flexibility index (Phi) is 4.98. The van der Waals surface area contributed by atoms with Crippen LogP contribution in [0, 0.1) is 10.1 Å². The summed E-state index contributed by atoms with van der Waals surface area (Å²) in [7, 11) is 1.41. The van der Waals surface area contributed by atoms with Crippen LogP contribution in [-0.2, 0) is 13.0 Å². The van der Waals surface area contributed by atoms with Crippen LogP contribution in [-0.4, -0.2) is 17.1 Å². The van der Waals surface area contributed by atoms with Gasteiger partial charge in [-0.05, 0) is 30.2 Å². The monoisotopic (exact) mass is 371 g/mol. The molecule has 0 unspecified atom stereocenters. The molecule has 2 aromatic carbocycles. The number of ether oxygens (including phenoxy) is 2. The van der Waals surface area contributed by atoms with Gasteiger partial charge in [-0.15, -0.1) is 0 Å². The molecule has 8 nitrogen and oxygen atoms in total. The molecule has 0 radical (unpaired) electrons. The maximum atomic E-state index is 11.8. The molecule has 27 heavy (non-hydrogen) atoms. The average molecular weight is 371 g/mol. The molecule has 0 aliphatic rings. The Morgan fingerprint density at radius 3 is 2.63 bits per heavy atom. The van der Waals surface area contributed by atoms with E-state index in [1.165, 1.54) is 31.4 Å². The Morgan fingerprint density at radius 1 is 1.19 bits per heavy atom. The summed E-state index contributed by atoms with van der Waals surface area (Å²) in [6, 6.07) is 8.62.